The van der Waals surface area contributed by atoms with Gasteiger partial charge >= 0.3 is 6.03 Å². The van der Waals surface area contributed by atoms with Crippen LogP contribution in [-0.4, -0.2) is 29.0 Å². The van der Waals surface area contributed by atoms with Gasteiger partial charge in [-0.1, -0.05) is 42.5 Å². The minimum absolute atomic E-state index is 0.0533. The topological polar surface area (TPSA) is 61.4 Å². The highest BCUT2D eigenvalue weighted by molar-refractivity contribution is 14.1. The highest BCUT2D eigenvalue weighted by Crippen LogP contribution is 2.43. The normalized spacial score (nSPS) is 17.9. The van der Waals surface area contributed by atoms with E-state index in [9.17, 15) is 9.59 Å². The molecule has 0 fully saturated rings. The Morgan fingerprint density at radius 1 is 0.914 bits per heavy atom. The average molecular weight is 612 g/mol. The Kier molecular flexibility index (Phi) is 7.50. The van der Waals surface area contributed by atoms with Gasteiger partial charge in [-0.05, 0) is 77.2 Å². The van der Waals surface area contributed by atoms with E-state index < -0.39 is 0 Å². The maximum absolute atomic E-state index is 13.5. The predicted octanol–water partition coefficient (Wildman–Crippen LogP) is 7.03. The Balaban J connectivity index is 1.25. The second-order valence-corrected chi connectivity index (χ2v) is 11.5. The van der Waals surface area contributed by atoms with Gasteiger partial charge < -0.3 is 10.6 Å². The van der Waals surface area contributed by atoms with Crippen molar-refractivity contribution >= 4 is 75.1 Å². The Bertz CT molecular complexity index is 1310. The summed E-state index contributed by atoms with van der Waals surface area (Å²) in [5.74, 6) is 0.206. The summed E-state index contributed by atoms with van der Waals surface area (Å²) < 4.78 is 1.12. The van der Waals surface area contributed by atoms with Crippen LogP contribution in [0, 0.1) is 3.57 Å². The summed E-state index contributed by atoms with van der Waals surface area (Å²) in [4.78, 5) is 29.7. The van der Waals surface area contributed by atoms with Gasteiger partial charge in [0, 0.05) is 24.7 Å². The van der Waals surface area contributed by atoms with E-state index in [1.165, 1.54) is 11.8 Å². The first kappa shape index (κ1) is 24.0. The second kappa shape index (κ2) is 10.9. The van der Waals surface area contributed by atoms with Crippen molar-refractivity contribution in [2.45, 2.75) is 21.1 Å². The molecule has 8 heteroatoms. The average Bonchev–Trinajstić information content (AvgIpc) is 2.87. The number of hydrogen-bond acceptors (Lipinski definition) is 4. The first-order chi connectivity index (χ1) is 17.1. The number of benzene rings is 3. The molecule has 0 bridgehead atoms. The molecular formula is C27H22IN3O2S2. The molecule has 176 valence electrons. The van der Waals surface area contributed by atoms with Crippen molar-refractivity contribution in [3.8, 4) is 0 Å². The summed E-state index contributed by atoms with van der Waals surface area (Å²) in [5, 5.41) is 6.15. The largest absolute Gasteiger partial charge is 0.326 e. The zero-order valence-corrected chi connectivity index (χ0v) is 22.3. The number of para-hydroxylation sites is 1. The van der Waals surface area contributed by atoms with Gasteiger partial charge in [0.25, 0.3) is 0 Å². The highest BCUT2D eigenvalue weighted by Gasteiger charge is 2.36. The van der Waals surface area contributed by atoms with E-state index in [1.54, 1.807) is 11.8 Å². The molecule has 1 aliphatic heterocycles. The third kappa shape index (κ3) is 5.76. The summed E-state index contributed by atoms with van der Waals surface area (Å²) in [6.45, 7) is 0. The third-order valence-corrected chi connectivity index (χ3v) is 8.57. The Morgan fingerprint density at radius 2 is 1.71 bits per heavy atom. The van der Waals surface area contributed by atoms with Crippen molar-refractivity contribution < 1.29 is 9.59 Å². The molecule has 0 saturated carbocycles. The summed E-state index contributed by atoms with van der Waals surface area (Å²) >= 11 is 5.44. The van der Waals surface area contributed by atoms with Gasteiger partial charge in [0.05, 0.1) is 22.7 Å². The molecule has 5 rings (SSSR count). The highest BCUT2D eigenvalue weighted by atomic mass is 127. The first-order valence-corrected chi connectivity index (χ1v) is 14.0. The summed E-state index contributed by atoms with van der Waals surface area (Å²) in [6, 6.07) is 23.1. The minimum Gasteiger partial charge on any atom is -0.325 e. The molecule has 3 aromatic carbocycles. The number of nitrogens with zero attached hydrogens (tertiary/aromatic N) is 1. The lowest BCUT2D eigenvalue weighted by atomic mass is 10.1. The van der Waals surface area contributed by atoms with Gasteiger partial charge in [0.15, 0.2) is 0 Å². The molecule has 0 radical (unpaired) electrons. The van der Waals surface area contributed by atoms with Crippen molar-refractivity contribution in [1.29, 1.82) is 0 Å². The van der Waals surface area contributed by atoms with Gasteiger partial charge in [-0.3, -0.25) is 9.69 Å². The molecule has 2 aliphatic rings. The van der Waals surface area contributed by atoms with Crippen LogP contribution in [0.4, 0.5) is 21.9 Å². The maximum atomic E-state index is 13.5. The molecular weight excluding hydrogens is 589 g/mol. The molecule has 3 aromatic rings. The Labute approximate surface area is 226 Å². The van der Waals surface area contributed by atoms with E-state index in [0.29, 0.717) is 5.69 Å². The molecule has 2 atom stereocenters. The number of anilines is 3. The Hall–Kier alpha value is -2.69. The van der Waals surface area contributed by atoms with Gasteiger partial charge in [-0.25, -0.2) is 4.79 Å². The van der Waals surface area contributed by atoms with Crippen LogP contribution in [-0.2, 0) is 4.79 Å². The van der Waals surface area contributed by atoms with Crippen molar-refractivity contribution in [1.82, 2.24) is 0 Å². The number of nitrogens with one attached hydrogen (secondary N) is 2. The fourth-order valence-corrected chi connectivity index (χ4v) is 6.32. The molecule has 2 N–H and O–H groups in total. The lowest BCUT2D eigenvalue weighted by Crippen LogP contribution is -2.49. The van der Waals surface area contributed by atoms with Gasteiger partial charge in [-0.2, -0.15) is 0 Å². The summed E-state index contributed by atoms with van der Waals surface area (Å²) in [7, 11) is 0. The lowest BCUT2D eigenvalue weighted by molar-refractivity contribution is -0.113. The Morgan fingerprint density at radius 3 is 2.57 bits per heavy atom. The van der Waals surface area contributed by atoms with Gasteiger partial charge in [0.2, 0.25) is 5.91 Å². The fraction of sp³-hybridized carbons (Fsp3) is 0.111. The number of rotatable bonds is 5. The van der Waals surface area contributed by atoms with Gasteiger partial charge in [-0.15, -0.1) is 23.5 Å². The van der Waals surface area contributed by atoms with Crippen LogP contribution in [0.1, 0.15) is 0 Å². The molecule has 1 aliphatic carbocycles. The van der Waals surface area contributed by atoms with Crippen molar-refractivity contribution in [2.75, 3.05) is 21.3 Å². The number of carbonyl (C=O) groups excluding carboxylic acids is 2. The number of fused-ring (bicyclic) bond motifs is 2. The van der Waals surface area contributed by atoms with Crippen molar-refractivity contribution in [2.24, 2.45) is 0 Å². The number of thioether (sulfide) groups is 2. The number of carbonyl (C=O) groups is 2. The molecule has 5 nitrogen and oxygen atoms in total. The van der Waals surface area contributed by atoms with Crippen LogP contribution < -0.4 is 15.5 Å². The molecule has 2 unspecified atom stereocenters. The van der Waals surface area contributed by atoms with E-state index in [4.69, 9.17) is 0 Å². The number of urea groups is 1. The predicted molar refractivity (Wildman–Crippen MR) is 155 cm³/mol. The number of hydrogen-bond donors (Lipinski definition) is 2. The fourth-order valence-electron chi connectivity index (χ4n) is 3.95. The van der Waals surface area contributed by atoms with Crippen LogP contribution in [0.5, 0.6) is 0 Å². The van der Waals surface area contributed by atoms with Crippen LogP contribution >= 0.6 is 46.1 Å². The molecule has 0 saturated heterocycles. The third-order valence-electron chi connectivity index (χ3n) is 5.54. The number of amides is 3. The summed E-state index contributed by atoms with van der Waals surface area (Å²) in [5.41, 5.74) is 2.39. The zero-order valence-electron chi connectivity index (χ0n) is 18.6. The maximum Gasteiger partial charge on any atom is 0.326 e. The van der Waals surface area contributed by atoms with Gasteiger partial charge in [0.1, 0.15) is 0 Å². The quantitative estimate of drug-likeness (QED) is 0.240. The standard InChI is InChI=1S/C27H22IN3O2S2/c28-18-12-14-19(15-13-18)29-26(32)17-34-21-7-5-6-20(16-21)30-27(33)31-22-8-1-3-10-24(22)35-25-11-4-2-9-23(25)31/h1-16,22,24H,17H2,(H,29,32)(H,30,33). The van der Waals surface area contributed by atoms with Crippen LogP contribution in [0.25, 0.3) is 0 Å². The minimum atomic E-state index is -0.175. The van der Waals surface area contributed by atoms with E-state index in [2.05, 4.69) is 51.4 Å². The van der Waals surface area contributed by atoms with Crippen LogP contribution in [0.15, 0.2) is 107 Å². The van der Waals surface area contributed by atoms with E-state index >= 15 is 0 Å². The molecule has 35 heavy (non-hydrogen) atoms. The number of allylic oxidation sites excluding steroid dienone is 2. The molecule has 3 amide bonds. The molecule has 0 aromatic heterocycles. The second-order valence-electron chi connectivity index (χ2n) is 7.98. The zero-order chi connectivity index (χ0) is 24.2. The lowest BCUT2D eigenvalue weighted by Gasteiger charge is -2.40. The van der Waals surface area contributed by atoms with Crippen LogP contribution in [0.2, 0.25) is 0 Å². The molecule has 1 heterocycles. The van der Waals surface area contributed by atoms with E-state index in [-0.39, 0.29) is 29.0 Å². The number of halogens is 1. The molecule has 0 spiro atoms. The van der Waals surface area contributed by atoms with E-state index in [1.807, 2.05) is 83.8 Å². The van der Waals surface area contributed by atoms with Crippen LogP contribution in [0.3, 0.4) is 0 Å². The van der Waals surface area contributed by atoms with E-state index in [0.717, 1.165) is 24.7 Å². The summed E-state index contributed by atoms with van der Waals surface area (Å²) in [6.07, 6.45) is 8.25. The SMILES string of the molecule is O=C(CSc1cccc(NC(=O)N2c3ccccc3SC3C=CC=CC32)c1)Nc1ccc(I)cc1. The monoisotopic (exact) mass is 611 g/mol. The van der Waals surface area contributed by atoms with Crippen molar-refractivity contribution in [3.05, 3.63) is 101 Å². The first-order valence-electron chi connectivity index (χ1n) is 11.1. The smallest absolute Gasteiger partial charge is 0.325 e. The van der Waals surface area contributed by atoms with Crippen molar-refractivity contribution in [3.63, 3.8) is 0 Å².